The van der Waals surface area contributed by atoms with Crippen molar-refractivity contribution in [2.45, 2.75) is 366 Å². The molecule has 0 atom stereocenters. The monoisotopic (exact) mass is 1730 g/mol. The molecule has 15 nitrogen and oxygen atoms in total. The van der Waals surface area contributed by atoms with Crippen LogP contribution in [-0.2, 0) is 43.0 Å². The number of esters is 6. The molecule has 126 heavy (non-hydrogen) atoms. The van der Waals surface area contributed by atoms with E-state index in [4.69, 9.17) is 42.6 Å². The highest BCUT2D eigenvalue weighted by Gasteiger charge is 2.42. The van der Waals surface area contributed by atoms with Gasteiger partial charge >= 0.3 is 41.8 Å². The molecule has 0 aliphatic heterocycles. The number of hydrogen-bond acceptors (Lipinski definition) is 15. The van der Waals surface area contributed by atoms with Crippen LogP contribution < -0.4 is 28.4 Å². The summed E-state index contributed by atoms with van der Waals surface area (Å²) in [6, 6.07) is 46.2. The Labute approximate surface area is 756 Å². The van der Waals surface area contributed by atoms with E-state index in [1.165, 1.54) is 171 Å². The Kier molecular flexibility index (Phi) is 45.9. The third-order valence-corrected chi connectivity index (χ3v) is 26.3. The van der Waals surface area contributed by atoms with Crippen LogP contribution in [0.2, 0.25) is 0 Å². The molecular weight excluding hydrogens is 1570 g/mol. The van der Waals surface area contributed by atoms with Crippen molar-refractivity contribution in [3.8, 4) is 34.5 Å². The summed E-state index contributed by atoms with van der Waals surface area (Å²) in [5, 5.41) is 0. The van der Waals surface area contributed by atoms with Gasteiger partial charge < -0.3 is 42.6 Å². The van der Waals surface area contributed by atoms with E-state index in [0.717, 1.165) is 151 Å². The molecule has 0 radical (unpaired) electrons. The van der Waals surface area contributed by atoms with Crippen molar-refractivity contribution >= 4 is 52.5 Å². The number of ether oxygens (including phenoxy) is 9. The van der Waals surface area contributed by atoms with Crippen molar-refractivity contribution in [1.82, 2.24) is 0 Å². The van der Waals surface area contributed by atoms with Gasteiger partial charge in [0.1, 0.15) is 34.5 Å². The fraction of sp³-hybridized carbons (Fsp3) is 0.568. The SMILES string of the molecule is C=C(C(=O)Oc1ccc(C2CCC(CCCCC)CC2)cc1)c1ccc(OCCCCCCCCCC(=O)OC(CC)(OC(=O)CCCCCCCCCOc2ccc(C(=C)C(=O)Oc3ccc(C4CCC(CCCCC)CC4)cc3)cc2)OC(=O)CCCCCCCCCOc2ccc(C(=C)C(=O)Oc3ccc(C4CCC(CCCCC)CC4)cc3)cc2)cc1. The second-order valence-electron chi connectivity index (χ2n) is 36.2. The fourth-order valence-electron chi connectivity index (χ4n) is 18.2. The van der Waals surface area contributed by atoms with E-state index < -0.39 is 41.8 Å². The van der Waals surface area contributed by atoms with Crippen LogP contribution in [0.5, 0.6) is 34.5 Å². The zero-order valence-electron chi connectivity index (χ0n) is 77.3. The molecule has 0 aromatic heterocycles. The predicted molar refractivity (Wildman–Crippen MR) is 508 cm³/mol. The van der Waals surface area contributed by atoms with Crippen LogP contribution in [0.15, 0.2) is 165 Å². The number of carbonyl (C=O) groups excluding carboxylic acids is 6. The van der Waals surface area contributed by atoms with Crippen LogP contribution in [0.3, 0.4) is 0 Å². The van der Waals surface area contributed by atoms with Gasteiger partial charge in [0.2, 0.25) is 0 Å². The zero-order chi connectivity index (χ0) is 89.2. The summed E-state index contributed by atoms with van der Waals surface area (Å²) in [4.78, 5) is 80.1. The molecule has 0 unspecified atom stereocenters. The summed E-state index contributed by atoms with van der Waals surface area (Å²) in [6.07, 6.45) is 49.7. The lowest BCUT2D eigenvalue weighted by Gasteiger charge is -2.30. The number of carbonyl (C=O) groups is 6. The Bertz CT molecular complexity index is 3730. The molecule has 15 heteroatoms. The Morgan fingerprint density at radius 1 is 0.270 bits per heavy atom. The molecule has 0 amide bonds. The number of benzene rings is 6. The number of hydrogen-bond donors (Lipinski definition) is 0. The molecule has 6 aromatic rings. The lowest BCUT2D eigenvalue weighted by molar-refractivity contribution is -0.331. The van der Waals surface area contributed by atoms with Gasteiger partial charge in [-0.1, -0.05) is 294 Å². The molecule has 3 fully saturated rings. The average molecular weight is 1730 g/mol. The van der Waals surface area contributed by atoms with Crippen LogP contribution in [0.4, 0.5) is 0 Å². The highest BCUT2D eigenvalue weighted by atomic mass is 16.9. The van der Waals surface area contributed by atoms with Crippen molar-refractivity contribution in [3.05, 3.63) is 199 Å². The van der Waals surface area contributed by atoms with Crippen molar-refractivity contribution in [1.29, 1.82) is 0 Å². The second-order valence-corrected chi connectivity index (χ2v) is 36.2. The van der Waals surface area contributed by atoms with E-state index in [1.54, 1.807) is 6.92 Å². The standard InChI is InChI=1S/C111H152O15/c1-8-12-30-39-87-45-51-93(52-46-87)96-63-75-102(76-64-96)121-108(115)84(5)90-57-69-99(70-58-90)118-81-36-27-21-15-18-24-33-42-105(112)124-111(11-4,125-106(113)43-34-25-19-16-22-28-37-82-119-100-71-59-91(60-72-100)85(6)109(116)122-103-77-65-97(66-78-103)94-53-47-88(48-54-94)40-31-13-9-2)126-107(114)44-35-26-20-17-23-29-38-83-120-101-73-61-92(62-74-101)86(7)110(117)123-104-79-67-98(68-80-104)95-55-49-89(50-56-95)41-32-14-10-3/h57-80,87-89,93-95H,5-56,81-83H2,1-4H3. The summed E-state index contributed by atoms with van der Waals surface area (Å²) in [5.74, 6) is 2.63. The van der Waals surface area contributed by atoms with Crippen LogP contribution in [0.1, 0.15) is 393 Å². The van der Waals surface area contributed by atoms with Crippen molar-refractivity contribution < 1.29 is 71.4 Å². The lowest BCUT2D eigenvalue weighted by atomic mass is 9.77. The lowest BCUT2D eigenvalue weighted by Crippen LogP contribution is -2.44. The van der Waals surface area contributed by atoms with E-state index in [0.29, 0.717) is 90.8 Å². The first-order valence-electron chi connectivity index (χ1n) is 49.4. The second kappa shape index (κ2) is 57.5. The highest BCUT2D eigenvalue weighted by molar-refractivity contribution is 6.17. The van der Waals surface area contributed by atoms with Gasteiger partial charge in [-0.25, -0.2) is 14.4 Å². The van der Waals surface area contributed by atoms with Gasteiger partial charge in [-0.2, -0.15) is 0 Å². The third kappa shape index (κ3) is 36.8. The summed E-state index contributed by atoms with van der Waals surface area (Å²) >= 11 is 0. The Hall–Kier alpha value is -9.24. The molecule has 0 saturated heterocycles. The predicted octanol–water partition coefficient (Wildman–Crippen LogP) is 29.7. The smallest absolute Gasteiger partial charge is 0.423 e. The maximum Gasteiger partial charge on any atom is 0.423 e. The summed E-state index contributed by atoms with van der Waals surface area (Å²) in [6.45, 7) is 22.3. The Morgan fingerprint density at radius 3 is 0.722 bits per heavy atom. The molecule has 3 aliphatic rings. The minimum absolute atomic E-state index is 0.0545. The fourth-order valence-corrected chi connectivity index (χ4v) is 18.2. The molecule has 0 bridgehead atoms. The normalized spacial score (nSPS) is 17.3. The van der Waals surface area contributed by atoms with Gasteiger partial charge in [0, 0.05) is 19.3 Å². The van der Waals surface area contributed by atoms with E-state index in [-0.39, 0.29) is 42.4 Å². The van der Waals surface area contributed by atoms with Gasteiger partial charge in [0.15, 0.2) is 0 Å². The highest BCUT2D eigenvalue weighted by Crippen LogP contribution is 2.42. The molecule has 6 aromatic carbocycles. The Morgan fingerprint density at radius 2 is 0.492 bits per heavy atom. The van der Waals surface area contributed by atoms with Gasteiger partial charge in [-0.05, 0) is 257 Å². The maximum absolute atomic E-state index is 13.6. The topological polar surface area (TPSA) is 185 Å². The molecule has 9 rings (SSSR count). The van der Waals surface area contributed by atoms with Crippen molar-refractivity contribution in [2.75, 3.05) is 19.8 Å². The minimum Gasteiger partial charge on any atom is -0.494 e. The van der Waals surface area contributed by atoms with Crippen LogP contribution in [0.25, 0.3) is 16.7 Å². The van der Waals surface area contributed by atoms with Crippen LogP contribution in [-0.4, -0.2) is 61.6 Å². The largest absolute Gasteiger partial charge is 0.494 e. The average Bonchev–Trinajstić information content (AvgIpc) is 0.840. The molecule has 686 valence electrons. The zero-order valence-corrected chi connectivity index (χ0v) is 77.3. The number of unbranched alkanes of at least 4 members (excludes halogenated alkanes) is 24. The van der Waals surface area contributed by atoms with Crippen molar-refractivity contribution in [2.24, 2.45) is 17.8 Å². The first-order chi connectivity index (χ1) is 61.5. The third-order valence-electron chi connectivity index (χ3n) is 26.3. The van der Waals surface area contributed by atoms with Gasteiger partial charge in [-0.15, -0.1) is 0 Å². The van der Waals surface area contributed by atoms with Gasteiger partial charge in [-0.3, -0.25) is 14.4 Å². The number of rotatable bonds is 61. The summed E-state index contributed by atoms with van der Waals surface area (Å²) < 4.78 is 53.0. The molecule has 3 saturated carbocycles. The van der Waals surface area contributed by atoms with Crippen molar-refractivity contribution in [3.63, 3.8) is 0 Å². The van der Waals surface area contributed by atoms with E-state index in [2.05, 4.69) is 76.9 Å². The molecule has 3 aliphatic carbocycles. The van der Waals surface area contributed by atoms with Crippen LogP contribution >= 0.6 is 0 Å². The molecule has 0 N–H and O–H groups in total. The first kappa shape index (κ1) is 101. The van der Waals surface area contributed by atoms with E-state index in [1.807, 2.05) is 109 Å². The van der Waals surface area contributed by atoms with Crippen LogP contribution in [0, 0.1) is 17.8 Å². The Balaban J connectivity index is 0.627. The molecule has 0 spiro atoms. The molecular formula is C111H152O15. The maximum atomic E-state index is 13.6. The quantitative estimate of drug-likeness (QED) is 0.0115. The minimum atomic E-state index is -2.16. The summed E-state index contributed by atoms with van der Waals surface area (Å²) in [5.41, 5.74) is 6.85. The van der Waals surface area contributed by atoms with Gasteiger partial charge in [0.05, 0.1) is 43.0 Å². The molecule has 0 heterocycles. The summed E-state index contributed by atoms with van der Waals surface area (Å²) in [7, 11) is 0. The van der Waals surface area contributed by atoms with Gasteiger partial charge in [0.25, 0.3) is 0 Å². The van der Waals surface area contributed by atoms with E-state index in [9.17, 15) is 28.8 Å². The first-order valence-corrected chi connectivity index (χ1v) is 49.4. The van der Waals surface area contributed by atoms with E-state index >= 15 is 0 Å².